The number of hydrogen-bond donors (Lipinski definition) is 1. The zero-order valence-electron chi connectivity index (χ0n) is 16.4. The molecule has 3 rings (SSSR count). The van der Waals surface area contributed by atoms with Crippen molar-refractivity contribution >= 4 is 33.2 Å². The van der Waals surface area contributed by atoms with Gasteiger partial charge in [0.05, 0.1) is 6.61 Å². The van der Waals surface area contributed by atoms with Crippen molar-refractivity contribution in [1.29, 1.82) is 0 Å². The summed E-state index contributed by atoms with van der Waals surface area (Å²) in [6.45, 7) is 4.14. The molecule has 2 aromatic rings. The van der Waals surface area contributed by atoms with Crippen molar-refractivity contribution in [2.75, 3.05) is 19.7 Å². The molecule has 156 valence electrons. The molecular formula is C20H24N2O5S2. The molecule has 1 saturated heterocycles. The normalized spacial score (nSPS) is 15.9. The first-order valence-corrected chi connectivity index (χ1v) is 11.7. The van der Waals surface area contributed by atoms with Gasteiger partial charge < -0.3 is 10.5 Å². The largest absolute Gasteiger partial charge is 0.462 e. The number of benzene rings is 1. The average Bonchev–Trinajstić information content (AvgIpc) is 3.15. The number of aryl methyl sites for hydroxylation is 1. The minimum absolute atomic E-state index is 0.0256. The molecule has 0 unspecified atom stereocenters. The molecule has 1 aromatic heterocycles. The summed E-state index contributed by atoms with van der Waals surface area (Å²) in [4.78, 5) is 23.9. The Labute approximate surface area is 174 Å². The molecule has 1 aliphatic heterocycles. The molecule has 1 amide bonds. The van der Waals surface area contributed by atoms with Gasteiger partial charge in [-0.2, -0.15) is 4.31 Å². The summed E-state index contributed by atoms with van der Waals surface area (Å²) in [5, 5.41) is 1.68. The third-order valence-corrected chi connectivity index (χ3v) is 8.10. The van der Waals surface area contributed by atoms with Crippen LogP contribution in [0.15, 0.2) is 34.5 Å². The minimum Gasteiger partial charge on any atom is -0.462 e. The number of hydrogen-bond acceptors (Lipinski definition) is 6. The van der Waals surface area contributed by atoms with E-state index in [1.54, 1.807) is 12.3 Å². The standard InChI is InChI=1S/C20H24N2O5S2/c1-3-27-20(24)17-18(16(12-28-17)14-6-4-13(2)5-7-14)29(25,26)22-10-8-15(9-11-22)19(21)23/h4-7,12,15H,3,8-11H2,1-2H3,(H2,21,23). The lowest BCUT2D eigenvalue weighted by Crippen LogP contribution is -2.42. The molecule has 0 atom stereocenters. The van der Waals surface area contributed by atoms with Crippen LogP contribution in [0.3, 0.4) is 0 Å². The van der Waals surface area contributed by atoms with E-state index in [0.717, 1.165) is 16.9 Å². The second-order valence-electron chi connectivity index (χ2n) is 6.97. The van der Waals surface area contributed by atoms with Crippen LogP contribution in [0.1, 0.15) is 35.0 Å². The van der Waals surface area contributed by atoms with E-state index in [4.69, 9.17) is 10.5 Å². The van der Waals surface area contributed by atoms with Crippen LogP contribution in [-0.4, -0.2) is 44.3 Å². The van der Waals surface area contributed by atoms with E-state index in [1.807, 2.05) is 31.2 Å². The number of primary amides is 1. The smallest absolute Gasteiger partial charge is 0.349 e. The van der Waals surface area contributed by atoms with Gasteiger partial charge in [-0.3, -0.25) is 4.79 Å². The van der Waals surface area contributed by atoms with Gasteiger partial charge in [-0.1, -0.05) is 29.8 Å². The number of sulfonamides is 1. The van der Waals surface area contributed by atoms with Crippen LogP contribution < -0.4 is 5.73 Å². The SMILES string of the molecule is CCOC(=O)c1scc(-c2ccc(C)cc2)c1S(=O)(=O)N1CCC(C(N)=O)CC1. The first-order valence-electron chi connectivity index (χ1n) is 9.40. The predicted molar refractivity (Wildman–Crippen MR) is 111 cm³/mol. The zero-order valence-corrected chi connectivity index (χ0v) is 18.0. The summed E-state index contributed by atoms with van der Waals surface area (Å²) in [6, 6.07) is 7.47. The molecule has 29 heavy (non-hydrogen) atoms. The first-order chi connectivity index (χ1) is 13.8. The second kappa shape index (κ2) is 8.64. The highest BCUT2D eigenvalue weighted by atomic mass is 32.2. The number of piperidine rings is 1. The van der Waals surface area contributed by atoms with E-state index >= 15 is 0 Å². The van der Waals surface area contributed by atoms with Crippen molar-refractivity contribution in [3.8, 4) is 11.1 Å². The lowest BCUT2D eigenvalue weighted by molar-refractivity contribution is -0.122. The highest BCUT2D eigenvalue weighted by molar-refractivity contribution is 7.89. The third kappa shape index (κ3) is 4.36. The Kier molecular flexibility index (Phi) is 6.40. The Morgan fingerprint density at radius 3 is 2.38 bits per heavy atom. The van der Waals surface area contributed by atoms with Gasteiger partial charge in [0, 0.05) is 30.0 Å². The van der Waals surface area contributed by atoms with Gasteiger partial charge in [-0.25, -0.2) is 13.2 Å². The van der Waals surface area contributed by atoms with Gasteiger partial charge in [-0.15, -0.1) is 11.3 Å². The number of nitrogens with two attached hydrogens (primary N) is 1. The minimum atomic E-state index is -3.96. The molecule has 1 fully saturated rings. The fourth-order valence-corrected chi connectivity index (χ4v) is 6.50. The van der Waals surface area contributed by atoms with Crippen LogP contribution in [0.5, 0.6) is 0 Å². The van der Waals surface area contributed by atoms with Crippen LogP contribution in [0.4, 0.5) is 0 Å². The summed E-state index contributed by atoms with van der Waals surface area (Å²) in [7, 11) is -3.96. The van der Waals surface area contributed by atoms with Crippen LogP contribution in [0, 0.1) is 12.8 Å². The molecule has 0 bridgehead atoms. The van der Waals surface area contributed by atoms with E-state index in [-0.39, 0.29) is 35.4 Å². The molecule has 2 heterocycles. The lowest BCUT2D eigenvalue weighted by Gasteiger charge is -2.30. The van der Waals surface area contributed by atoms with E-state index in [0.29, 0.717) is 24.0 Å². The van der Waals surface area contributed by atoms with Crippen molar-refractivity contribution in [3.63, 3.8) is 0 Å². The van der Waals surface area contributed by atoms with Crippen LogP contribution in [0.2, 0.25) is 0 Å². The Morgan fingerprint density at radius 1 is 1.21 bits per heavy atom. The number of carbonyl (C=O) groups excluding carboxylic acids is 2. The number of esters is 1. The molecule has 2 N–H and O–H groups in total. The number of amides is 1. The van der Waals surface area contributed by atoms with Gasteiger partial charge in [0.25, 0.3) is 0 Å². The van der Waals surface area contributed by atoms with Gasteiger partial charge in [0.1, 0.15) is 9.77 Å². The summed E-state index contributed by atoms with van der Waals surface area (Å²) in [5.41, 5.74) is 7.61. The van der Waals surface area contributed by atoms with E-state index < -0.39 is 21.9 Å². The number of nitrogens with zero attached hydrogens (tertiary/aromatic N) is 1. The zero-order chi connectivity index (χ0) is 21.2. The lowest BCUT2D eigenvalue weighted by atomic mass is 9.98. The van der Waals surface area contributed by atoms with Gasteiger partial charge in [0.15, 0.2) is 0 Å². The van der Waals surface area contributed by atoms with Crippen LogP contribution in [0.25, 0.3) is 11.1 Å². The molecule has 1 aliphatic rings. The highest BCUT2D eigenvalue weighted by Gasteiger charge is 2.37. The Hall–Kier alpha value is -2.23. The van der Waals surface area contributed by atoms with Gasteiger partial charge in [0.2, 0.25) is 15.9 Å². The first kappa shape index (κ1) is 21.5. The maximum Gasteiger partial charge on any atom is 0.349 e. The molecule has 0 saturated carbocycles. The number of carbonyl (C=O) groups is 2. The highest BCUT2D eigenvalue weighted by Crippen LogP contribution is 2.38. The number of ether oxygens (including phenoxy) is 1. The Morgan fingerprint density at radius 2 is 1.83 bits per heavy atom. The second-order valence-corrected chi connectivity index (χ2v) is 9.73. The average molecular weight is 437 g/mol. The van der Waals surface area contributed by atoms with Crippen molar-refractivity contribution in [2.45, 2.75) is 31.6 Å². The summed E-state index contributed by atoms with van der Waals surface area (Å²) < 4.78 is 33.5. The van der Waals surface area contributed by atoms with Crippen LogP contribution in [-0.2, 0) is 19.6 Å². The Balaban J connectivity index is 2.05. The van der Waals surface area contributed by atoms with Crippen LogP contribution >= 0.6 is 11.3 Å². The molecule has 0 radical (unpaired) electrons. The van der Waals surface area contributed by atoms with E-state index in [9.17, 15) is 18.0 Å². The third-order valence-electron chi connectivity index (χ3n) is 5.02. The Bertz CT molecular complexity index is 1000. The predicted octanol–water partition coefficient (Wildman–Crippen LogP) is 2.79. The summed E-state index contributed by atoms with van der Waals surface area (Å²) >= 11 is 1.07. The molecule has 9 heteroatoms. The van der Waals surface area contributed by atoms with E-state index in [2.05, 4.69) is 0 Å². The quantitative estimate of drug-likeness (QED) is 0.701. The maximum absolute atomic E-state index is 13.5. The fraction of sp³-hybridized carbons (Fsp3) is 0.400. The van der Waals surface area contributed by atoms with Crippen molar-refractivity contribution in [2.24, 2.45) is 11.7 Å². The number of thiophene rings is 1. The van der Waals surface area contributed by atoms with Crippen molar-refractivity contribution < 1.29 is 22.7 Å². The molecule has 0 aliphatic carbocycles. The maximum atomic E-state index is 13.5. The van der Waals surface area contributed by atoms with Crippen molar-refractivity contribution in [1.82, 2.24) is 4.31 Å². The summed E-state index contributed by atoms with van der Waals surface area (Å²) in [6.07, 6.45) is 0.737. The number of rotatable bonds is 6. The summed E-state index contributed by atoms with van der Waals surface area (Å²) in [5.74, 6) is -1.39. The molecule has 7 nitrogen and oxygen atoms in total. The molecule has 0 spiro atoms. The van der Waals surface area contributed by atoms with E-state index in [1.165, 1.54) is 4.31 Å². The molecular weight excluding hydrogens is 412 g/mol. The van der Waals surface area contributed by atoms with Crippen molar-refractivity contribution in [3.05, 3.63) is 40.1 Å². The topological polar surface area (TPSA) is 107 Å². The van der Waals surface area contributed by atoms with Gasteiger partial charge in [-0.05, 0) is 32.3 Å². The van der Waals surface area contributed by atoms with Gasteiger partial charge >= 0.3 is 5.97 Å². The fourth-order valence-electron chi connectivity index (χ4n) is 3.38. The monoisotopic (exact) mass is 436 g/mol. The molecule has 1 aromatic carbocycles.